The predicted octanol–water partition coefficient (Wildman–Crippen LogP) is 3.80. The van der Waals surface area contributed by atoms with Gasteiger partial charge in [0.2, 0.25) is 12.7 Å². The molecular formula is C24H18BrNO5. The van der Waals surface area contributed by atoms with Crippen LogP contribution in [-0.2, 0) is 21.6 Å². The van der Waals surface area contributed by atoms with Crippen molar-refractivity contribution in [1.29, 1.82) is 0 Å². The number of rotatable bonds is 4. The summed E-state index contributed by atoms with van der Waals surface area (Å²) in [4.78, 5) is 28.1. The maximum atomic E-state index is 13.5. The molecular weight excluding hydrogens is 462 g/mol. The van der Waals surface area contributed by atoms with Crippen LogP contribution in [0, 0.1) is 5.92 Å². The molecule has 7 heteroatoms. The van der Waals surface area contributed by atoms with Crippen molar-refractivity contribution in [2.75, 3.05) is 11.7 Å². The average molecular weight is 480 g/mol. The van der Waals surface area contributed by atoms with Crippen LogP contribution in [0.25, 0.3) is 0 Å². The second-order valence-corrected chi connectivity index (χ2v) is 8.35. The first-order chi connectivity index (χ1) is 15.0. The maximum Gasteiger partial charge on any atom is 0.271 e. The SMILES string of the molecule is O=C1[C@H](Cc2cc3c(cc2Br)OCO3)[C@@](O)(c2ccccc2)C(=O)N1c1ccccc1. The van der Waals surface area contributed by atoms with Crippen molar-refractivity contribution in [3.63, 3.8) is 0 Å². The van der Waals surface area contributed by atoms with E-state index in [0.29, 0.717) is 27.2 Å². The Kier molecular flexibility index (Phi) is 4.79. The monoisotopic (exact) mass is 479 g/mol. The Morgan fingerprint density at radius 1 is 0.968 bits per heavy atom. The minimum atomic E-state index is -2.00. The highest BCUT2D eigenvalue weighted by atomic mass is 79.9. The summed E-state index contributed by atoms with van der Waals surface area (Å²) in [5, 5.41) is 11.8. The summed E-state index contributed by atoms with van der Waals surface area (Å²) in [7, 11) is 0. The van der Waals surface area contributed by atoms with Crippen molar-refractivity contribution in [3.05, 3.63) is 88.4 Å². The van der Waals surface area contributed by atoms with Crippen LogP contribution in [-0.4, -0.2) is 23.7 Å². The number of para-hydroxylation sites is 1. The lowest BCUT2D eigenvalue weighted by Gasteiger charge is -2.26. The summed E-state index contributed by atoms with van der Waals surface area (Å²) < 4.78 is 11.6. The van der Waals surface area contributed by atoms with E-state index in [2.05, 4.69) is 15.9 Å². The number of halogens is 1. The van der Waals surface area contributed by atoms with Crippen molar-refractivity contribution in [2.24, 2.45) is 5.92 Å². The molecule has 2 heterocycles. The molecule has 0 spiro atoms. The first-order valence-corrected chi connectivity index (χ1v) is 10.6. The Morgan fingerprint density at radius 3 is 2.26 bits per heavy atom. The average Bonchev–Trinajstić information content (AvgIpc) is 3.31. The van der Waals surface area contributed by atoms with Crippen molar-refractivity contribution >= 4 is 33.4 Å². The number of anilines is 1. The van der Waals surface area contributed by atoms with Crippen molar-refractivity contribution in [3.8, 4) is 11.5 Å². The molecule has 0 aromatic heterocycles. The first-order valence-electron chi connectivity index (χ1n) is 9.79. The van der Waals surface area contributed by atoms with Gasteiger partial charge < -0.3 is 14.6 Å². The van der Waals surface area contributed by atoms with Gasteiger partial charge in [-0.25, -0.2) is 4.90 Å². The number of aliphatic hydroxyl groups is 1. The second-order valence-electron chi connectivity index (χ2n) is 7.50. The molecule has 6 nitrogen and oxygen atoms in total. The fraction of sp³-hybridized carbons (Fsp3) is 0.167. The Morgan fingerprint density at radius 2 is 1.58 bits per heavy atom. The molecule has 1 saturated heterocycles. The minimum absolute atomic E-state index is 0.127. The van der Waals surface area contributed by atoms with Crippen molar-refractivity contribution in [1.82, 2.24) is 0 Å². The molecule has 0 unspecified atom stereocenters. The van der Waals surface area contributed by atoms with Crippen molar-refractivity contribution < 1.29 is 24.2 Å². The largest absolute Gasteiger partial charge is 0.454 e. The number of nitrogens with zero attached hydrogens (tertiary/aromatic N) is 1. The zero-order chi connectivity index (χ0) is 21.6. The molecule has 2 aliphatic rings. The van der Waals surface area contributed by atoms with Gasteiger partial charge in [-0.2, -0.15) is 0 Å². The summed E-state index contributed by atoms with van der Waals surface area (Å²) in [6, 6.07) is 20.8. The van der Waals surface area contributed by atoms with Crippen LogP contribution >= 0.6 is 15.9 Å². The summed E-state index contributed by atoms with van der Waals surface area (Å²) in [5.74, 6) is -0.949. The molecule has 1 N–H and O–H groups in total. The molecule has 0 aliphatic carbocycles. The van der Waals surface area contributed by atoms with Gasteiger partial charge >= 0.3 is 0 Å². The number of hydrogen-bond donors (Lipinski definition) is 1. The van der Waals surface area contributed by atoms with E-state index in [1.165, 1.54) is 0 Å². The summed E-state index contributed by atoms with van der Waals surface area (Å²) in [6.07, 6.45) is 0.135. The quantitative estimate of drug-likeness (QED) is 0.576. The highest BCUT2D eigenvalue weighted by Crippen LogP contribution is 2.45. The zero-order valence-corrected chi connectivity index (χ0v) is 17.9. The van der Waals surface area contributed by atoms with Gasteiger partial charge in [-0.05, 0) is 41.8 Å². The Balaban J connectivity index is 1.61. The van der Waals surface area contributed by atoms with Gasteiger partial charge in [-0.15, -0.1) is 0 Å². The van der Waals surface area contributed by atoms with Crippen LogP contribution in [0.5, 0.6) is 11.5 Å². The number of carbonyl (C=O) groups excluding carboxylic acids is 2. The van der Waals surface area contributed by atoms with Crippen molar-refractivity contribution in [2.45, 2.75) is 12.0 Å². The van der Waals surface area contributed by atoms with Gasteiger partial charge in [0.25, 0.3) is 5.91 Å². The Bertz CT molecular complexity index is 1170. The van der Waals surface area contributed by atoms with Crippen LogP contribution in [0.15, 0.2) is 77.3 Å². The number of carbonyl (C=O) groups is 2. The molecule has 0 saturated carbocycles. The predicted molar refractivity (Wildman–Crippen MR) is 117 cm³/mol. The second kappa shape index (κ2) is 7.51. The van der Waals surface area contributed by atoms with Gasteiger partial charge in [-0.3, -0.25) is 9.59 Å². The third kappa shape index (κ3) is 3.12. The highest BCUT2D eigenvalue weighted by molar-refractivity contribution is 9.10. The molecule has 0 radical (unpaired) electrons. The number of imide groups is 1. The third-order valence-corrected chi connectivity index (χ3v) is 6.48. The standard InChI is InChI=1S/C24H18BrNO5/c25-19-13-21-20(30-14-31-21)12-15(19)11-18-22(27)26(17-9-5-2-6-10-17)23(28)24(18,29)16-7-3-1-4-8-16/h1-10,12-13,18,29H,11,14H2/t18-,24-/m0/s1. The van der Waals surface area contributed by atoms with E-state index in [4.69, 9.17) is 9.47 Å². The topological polar surface area (TPSA) is 76.1 Å². The van der Waals surface area contributed by atoms with Gasteiger partial charge in [0.15, 0.2) is 17.1 Å². The Hall–Kier alpha value is -3.16. The van der Waals surface area contributed by atoms with Gasteiger partial charge in [-0.1, -0.05) is 64.5 Å². The van der Waals surface area contributed by atoms with E-state index < -0.39 is 23.3 Å². The number of fused-ring (bicyclic) bond motifs is 1. The van der Waals surface area contributed by atoms with E-state index in [1.54, 1.807) is 72.8 Å². The van der Waals surface area contributed by atoms with Gasteiger partial charge in [0.1, 0.15) is 0 Å². The number of amides is 2. The number of hydrogen-bond acceptors (Lipinski definition) is 5. The molecule has 31 heavy (non-hydrogen) atoms. The lowest BCUT2D eigenvalue weighted by molar-refractivity contribution is -0.139. The molecule has 1 fully saturated rings. The minimum Gasteiger partial charge on any atom is -0.454 e. The van der Waals surface area contributed by atoms with E-state index >= 15 is 0 Å². The summed E-state index contributed by atoms with van der Waals surface area (Å²) in [6.45, 7) is 0.127. The molecule has 3 aromatic carbocycles. The number of ether oxygens (including phenoxy) is 2. The fourth-order valence-electron chi connectivity index (χ4n) is 4.16. The molecule has 3 aromatic rings. The van der Waals surface area contributed by atoms with Crippen LogP contribution in [0.1, 0.15) is 11.1 Å². The van der Waals surface area contributed by atoms with E-state index in [9.17, 15) is 14.7 Å². The highest BCUT2D eigenvalue weighted by Gasteiger charge is 2.60. The van der Waals surface area contributed by atoms with E-state index in [-0.39, 0.29) is 13.2 Å². The normalized spacial score (nSPS) is 22.3. The van der Waals surface area contributed by atoms with Crippen LogP contribution in [0.3, 0.4) is 0 Å². The molecule has 2 aliphatic heterocycles. The van der Waals surface area contributed by atoms with E-state index in [1.807, 2.05) is 0 Å². The summed E-state index contributed by atoms with van der Waals surface area (Å²) >= 11 is 3.52. The lowest BCUT2D eigenvalue weighted by atomic mass is 9.79. The van der Waals surface area contributed by atoms with E-state index in [0.717, 1.165) is 10.5 Å². The third-order valence-electron chi connectivity index (χ3n) is 5.75. The van der Waals surface area contributed by atoms with Crippen LogP contribution in [0.2, 0.25) is 0 Å². The smallest absolute Gasteiger partial charge is 0.271 e. The molecule has 5 rings (SSSR count). The molecule has 156 valence electrons. The lowest BCUT2D eigenvalue weighted by Crippen LogP contribution is -2.41. The molecule has 2 amide bonds. The van der Waals surface area contributed by atoms with Crippen LogP contribution < -0.4 is 14.4 Å². The zero-order valence-electron chi connectivity index (χ0n) is 16.3. The fourth-order valence-corrected chi connectivity index (χ4v) is 4.65. The molecule has 2 atom stereocenters. The maximum absolute atomic E-state index is 13.5. The molecule has 0 bridgehead atoms. The van der Waals surface area contributed by atoms with Gasteiger partial charge in [0, 0.05) is 4.47 Å². The summed E-state index contributed by atoms with van der Waals surface area (Å²) in [5.41, 5.74) is -0.447. The van der Waals surface area contributed by atoms with Gasteiger partial charge in [0.05, 0.1) is 11.6 Å². The van der Waals surface area contributed by atoms with Crippen LogP contribution in [0.4, 0.5) is 5.69 Å². The first kappa shape index (κ1) is 19.8. The number of benzene rings is 3. The Labute approximate surface area is 187 Å².